The summed E-state index contributed by atoms with van der Waals surface area (Å²) in [6.07, 6.45) is 0. The first-order valence-corrected chi connectivity index (χ1v) is 6.52. The molecule has 1 N–H and O–H groups in total. The molecule has 0 amide bonds. The Labute approximate surface area is 120 Å². The van der Waals surface area contributed by atoms with E-state index in [0.29, 0.717) is 21.9 Å². The molecule has 0 bridgehead atoms. The van der Waals surface area contributed by atoms with Gasteiger partial charge < -0.3 is 4.98 Å². The minimum Gasteiger partial charge on any atom is -0.338 e. The average molecular weight is 344 g/mol. The van der Waals surface area contributed by atoms with Gasteiger partial charge >= 0.3 is 0 Å². The molecule has 3 aromatic rings. The molecule has 19 heavy (non-hydrogen) atoms. The molecule has 0 radical (unpaired) electrons. The van der Waals surface area contributed by atoms with Crippen LogP contribution in [0.3, 0.4) is 0 Å². The number of H-pyrrole nitrogens is 1. The van der Waals surface area contributed by atoms with Gasteiger partial charge in [-0.05, 0) is 30.3 Å². The quantitative estimate of drug-likeness (QED) is 0.667. The Morgan fingerprint density at radius 1 is 1.16 bits per heavy atom. The molecule has 2 aromatic carbocycles. The number of fused-ring (bicyclic) bond motifs is 1. The number of aromatic amines is 1. The van der Waals surface area contributed by atoms with Crippen LogP contribution < -0.4 is 0 Å². The van der Waals surface area contributed by atoms with E-state index >= 15 is 0 Å². The van der Waals surface area contributed by atoms with Crippen molar-refractivity contribution in [3.63, 3.8) is 0 Å². The van der Waals surface area contributed by atoms with Crippen LogP contribution in [0.2, 0.25) is 5.02 Å². The fourth-order valence-electron chi connectivity index (χ4n) is 1.82. The molecule has 0 saturated heterocycles. The zero-order chi connectivity index (χ0) is 13.6. The number of nitrogens with one attached hydrogen (secondary N) is 1. The Balaban J connectivity index is 2.26. The van der Waals surface area contributed by atoms with Crippen molar-refractivity contribution in [2.45, 2.75) is 0 Å². The third kappa shape index (κ3) is 2.13. The van der Waals surface area contributed by atoms with Crippen molar-refractivity contribution in [3.8, 4) is 11.4 Å². The van der Waals surface area contributed by atoms with Crippen molar-refractivity contribution in [2.75, 3.05) is 0 Å². The van der Waals surface area contributed by atoms with Crippen LogP contribution in [0, 0.1) is 11.6 Å². The smallest absolute Gasteiger partial charge is 0.186 e. The van der Waals surface area contributed by atoms with Gasteiger partial charge in [0.1, 0.15) is 11.3 Å². The lowest BCUT2D eigenvalue weighted by atomic mass is 10.2. The van der Waals surface area contributed by atoms with Crippen molar-refractivity contribution in [1.82, 2.24) is 9.97 Å². The van der Waals surface area contributed by atoms with E-state index in [1.165, 1.54) is 6.07 Å². The fraction of sp³-hybridized carbons (Fsp3) is 0. The van der Waals surface area contributed by atoms with Crippen molar-refractivity contribution >= 4 is 38.6 Å². The number of rotatable bonds is 1. The molecule has 2 nitrogen and oxygen atoms in total. The lowest BCUT2D eigenvalue weighted by Gasteiger charge is -2.00. The summed E-state index contributed by atoms with van der Waals surface area (Å²) in [5, 5.41) is 0.533. The van der Waals surface area contributed by atoms with Gasteiger partial charge in [0.05, 0.1) is 5.52 Å². The first kappa shape index (κ1) is 12.6. The molecule has 1 aromatic heterocycles. The van der Waals surface area contributed by atoms with Crippen molar-refractivity contribution in [2.24, 2.45) is 0 Å². The van der Waals surface area contributed by atoms with Gasteiger partial charge in [0.2, 0.25) is 0 Å². The van der Waals surface area contributed by atoms with Crippen LogP contribution in [-0.2, 0) is 0 Å². The highest BCUT2D eigenvalue weighted by molar-refractivity contribution is 9.10. The van der Waals surface area contributed by atoms with Gasteiger partial charge in [0.25, 0.3) is 0 Å². The SMILES string of the molecule is Fc1ccc2[nH]c(-c3cc(Cl)ccc3Br)nc2c1F. The van der Waals surface area contributed by atoms with Crippen molar-refractivity contribution < 1.29 is 8.78 Å². The van der Waals surface area contributed by atoms with E-state index in [1.807, 2.05) is 0 Å². The van der Waals surface area contributed by atoms with E-state index in [4.69, 9.17) is 11.6 Å². The second-order valence-corrected chi connectivity index (χ2v) is 5.26. The maximum Gasteiger partial charge on any atom is 0.186 e. The number of hydrogen-bond acceptors (Lipinski definition) is 1. The molecular formula is C13H6BrClF2N2. The van der Waals surface area contributed by atoms with E-state index < -0.39 is 11.6 Å². The lowest BCUT2D eigenvalue weighted by Crippen LogP contribution is -1.85. The zero-order valence-corrected chi connectivity index (χ0v) is 11.7. The second kappa shape index (κ2) is 4.58. The number of benzene rings is 2. The highest BCUT2D eigenvalue weighted by Gasteiger charge is 2.14. The van der Waals surface area contributed by atoms with Gasteiger partial charge in [-0.25, -0.2) is 13.8 Å². The Morgan fingerprint density at radius 3 is 2.74 bits per heavy atom. The summed E-state index contributed by atoms with van der Waals surface area (Å²) in [5.41, 5.74) is 1.09. The summed E-state index contributed by atoms with van der Waals surface area (Å²) >= 11 is 9.30. The highest BCUT2D eigenvalue weighted by Crippen LogP contribution is 2.31. The van der Waals surface area contributed by atoms with Crippen molar-refractivity contribution in [1.29, 1.82) is 0 Å². The Bertz CT molecular complexity index is 786. The molecule has 0 atom stereocenters. The topological polar surface area (TPSA) is 28.7 Å². The first-order valence-electron chi connectivity index (χ1n) is 5.35. The molecule has 0 unspecified atom stereocenters. The number of nitrogens with zero attached hydrogens (tertiary/aromatic N) is 1. The molecule has 0 aliphatic rings. The Morgan fingerprint density at radius 2 is 1.95 bits per heavy atom. The van der Waals surface area contributed by atoms with Crippen LogP contribution in [0.4, 0.5) is 8.78 Å². The molecular weight excluding hydrogens is 338 g/mol. The summed E-state index contributed by atoms with van der Waals surface area (Å²) in [5.74, 6) is -1.46. The Hall–Kier alpha value is -1.46. The minimum absolute atomic E-state index is 0.0260. The summed E-state index contributed by atoms with van der Waals surface area (Å²) in [7, 11) is 0. The van der Waals surface area contributed by atoms with Crippen LogP contribution >= 0.6 is 27.5 Å². The maximum atomic E-state index is 13.6. The fourth-order valence-corrected chi connectivity index (χ4v) is 2.43. The molecule has 0 aliphatic carbocycles. The van der Waals surface area contributed by atoms with Gasteiger partial charge in [-0.3, -0.25) is 0 Å². The summed E-state index contributed by atoms with van der Waals surface area (Å²) in [6.45, 7) is 0. The van der Waals surface area contributed by atoms with Gasteiger partial charge in [0, 0.05) is 15.1 Å². The predicted molar refractivity (Wildman–Crippen MR) is 74.2 cm³/mol. The zero-order valence-electron chi connectivity index (χ0n) is 9.35. The number of halogens is 4. The van der Waals surface area contributed by atoms with E-state index in [-0.39, 0.29) is 5.52 Å². The van der Waals surface area contributed by atoms with Crippen LogP contribution in [0.15, 0.2) is 34.8 Å². The molecule has 96 valence electrons. The normalized spacial score (nSPS) is 11.2. The third-order valence-electron chi connectivity index (χ3n) is 2.73. The molecule has 0 aliphatic heterocycles. The molecule has 0 saturated carbocycles. The van der Waals surface area contributed by atoms with Crippen LogP contribution in [0.5, 0.6) is 0 Å². The van der Waals surface area contributed by atoms with Crippen LogP contribution in [0.25, 0.3) is 22.4 Å². The largest absolute Gasteiger partial charge is 0.338 e. The number of imidazole rings is 1. The van der Waals surface area contributed by atoms with E-state index in [9.17, 15) is 8.78 Å². The molecule has 6 heteroatoms. The molecule has 0 spiro atoms. The predicted octanol–water partition coefficient (Wildman–Crippen LogP) is 4.92. The molecule has 0 fully saturated rings. The molecule has 3 rings (SSSR count). The van der Waals surface area contributed by atoms with Crippen molar-refractivity contribution in [3.05, 3.63) is 51.5 Å². The van der Waals surface area contributed by atoms with Gasteiger partial charge in [-0.1, -0.05) is 27.5 Å². The standard InChI is InChI=1S/C13H6BrClF2N2/c14-8-2-1-6(15)5-7(8)13-18-10-4-3-9(16)11(17)12(10)19-13/h1-5H,(H,18,19). The second-order valence-electron chi connectivity index (χ2n) is 3.97. The minimum atomic E-state index is -0.960. The number of aromatic nitrogens is 2. The average Bonchev–Trinajstić information content (AvgIpc) is 2.81. The highest BCUT2D eigenvalue weighted by atomic mass is 79.9. The van der Waals surface area contributed by atoms with Gasteiger partial charge in [-0.2, -0.15) is 0 Å². The van der Waals surface area contributed by atoms with Gasteiger partial charge in [-0.15, -0.1) is 0 Å². The van der Waals surface area contributed by atoms with Gasteiger partial charge in [0.15, 0.2) is 11.6 Å². The third-order valence-corrected chi connectivity index (χ3v) is 3.66. The monoisotopic (exact) mass is 342 g/mol. The van der Waals surface area contributed by atoms with E-state index in [2.05, 4.69) is 25.9 Å². The first-order chi connectivity index (χ1) is 9.06. The summed E-state index contributed by atoms with van der Waals surface area (Å²) in [4.78, 5) is 7.03. The lowest BCUT2D eigenvalue weighted by molar-refractivity contribution is 0.515. The summed E-state index contributed by atoms with van der Waals surface area (Å²) < 4.78 is 27.5. The maximum absolute atomic E-state index is 13.6. The Kier molecular flexibility index (Phi) is 3.03. The summed E-state index contributed by atoms with van der Waals surface area (Å²) in [6, 6.07) is 7.69. The van der Waals surface area contributed by atoms with Crippen LogP contribution in [-0.4, -0.2) is 9.97 Å². The van der Waals surface area contributed by atoms with E-state index in [0.717, 1.165) is 10.5 Å². The number of hydrogen-bond donors (Lipinski definition) is 1. The van der Waals surface area contributed by atoms with Crippen LogP contribution in [0.1, 0.15) is 0 Å². The molecule has 1 heterocycles. The van der Waals surface area contributed by atoms with E-state index in [1.54, 1.807) is 18.2 Å².